The van der Waals surface area contributed by atoms with Crippen LogP contribution in [0.4, 0.5) is 17.1 Å². The summed E-state index contributed by atoms with van der Waals surface area (Å²) in [5.74, 6) is 0. The van der Waals surface area contributed by atoms with Crippen LogP contribution in [0.2, 0.25) is 0 Å². The summed E-state index contributed by atoms with van der Waals surface area (Å²) < 4.78 is 19.7. The maximum Gasteiger partial charge on any atom is 0.143 e. The van der Waals surface area contributed by atoms with Gasteiger partial charge < -0.3 is 18.2 Å². The molecule has 12 aromatic carbocycles. The van der Waals surface area contributed by atoms with Gasteiger partial charge in [0.15, 0.2) is 0 Å². The molecule has 0 saturated carbocycles. The Morgan fingerprint density at radius 2 is 0.461 bits per heavy atom. The summed E-state index contributed by atoms with van der Waals surface area (Å²) in [6, 6.07) is 97.1. The van der Waals surface area contributed by atoms with E-state index in [9.17, 15) is 0 Å². The topological polar surface area (TPSA) is 42.7 Å². The Balaban J connectivity index is 0.854. The van der Waals surface area contributed by atoms with Crippen molar-refractivity contribution in [2.45, 2.75) is 0 Å². The third kappa shape index (κ3) is 7.38. The lowest BCUT2D eigenvalue weighted by molar-refractivity contribution is 0.669. The van der Waals surface area contributed by atoms with Crippen molar-refractivity contribution in [1.82, 2.24) is 0 Å². The van der Waals surface area contributed by atoms with Gasteiger partial charge >= 0.3 is 0 Å². The third-order valence-corrected chi connectivity index (χ3v) is 15.1. The first kappa shape index (κ1) is 43.4. The number of furan rings is 3. The molecule has 0 N–H and O–H groups in total. The van der Waals surface area contributed by atoms with E-state index in [1.165, 1.54) is 0 Å². The monoisotopic (exact) mass is 971 g/mol. The Morgan fingerprint density at radius 3 is 0.750 bits per heavy atom. The van der Waals surface area contributed by atoms with E-state index in [-0.39, 0.29) is 0 Å². The van der Waals surface area contributed by atoms with Crippen LogP contribution in [0.5, 0.6) is 0 Å². The molecule has 0 aliphatic rings. The molecule has 3 aromatic heterocycles. The highest BCUT2D eigenvalue weighted by Gasteiger charge is 2.20. The normalized spacial score (nSPS) is 11.7. The van der Waals surface area contributed by atoms with E-state index in [1.807, 2.05) is 18.2 Å². The Bertz CT molecular complexity index is 4170. The molecule has 4 heteroatoms. The second kappa shape index (κ2) is 17.8. The second-order valence-corrected chi connectivity index (χ2v) is 19.6. The lowest BCUT2D eigenvalue weighted by Crippen LogP contribution is -2.09. The van der Waals surface area contributed by atoms with Crippen molar-refractivity contribution in [1.29, 1.82) is 0 Å². The summed E-state index contributed by atoms with van der Waals surface area (Å²) in [4.78, 5) is 2.35. The second-order valence-electron chi connectivity index (χ2n) is 19.6. The van der Waals surface area contributed by atoms with E-state index in [4.69, 9.17) is 13.3 Å². The zero-order valence-corrected chi connectivity index (χ0v) is 41.2. The fourth-order valence-corrected chi connectivity index (χ4v) is 11.3. The summed E-state index contributed by atoms with van der Waals surface area (Å²) in [5, 5.41) is 6.62. The third-order valence-electron chi connectivity index (χ3n) is 15.1. The molecule has 15 aromatic rings. The fraction of sp³-hybridized carbons (Fsp3) is 0. The highest BCUT2D eigenvalue weighted by atomic mass is 16.3. The van der Waals surface area contributed by atoms with Gasteiger partial charge in [0.25, 0.3) is 0 Å². The van der Waals surface area contributed by atoms with Crippen LogP contribution in [-0.2, 0) is 0 Å². The zero-order valence-electron chi connectivity index (χ0n) is 41.2. The smallest absolute Gasteiger partial charge is 0.143 e. The number of fused-ring (bicyclic) bond motifs is 9. The molecule has 0 radical (unpaired) electrons. The average molecular weight is 972 g/mol. The van der Waals surface area contributed by atoms with Gasteiger partial charge in [0.2, 0.25) is 0 Å². The van der Waals surface area contributed by atoms with E-state index >= 15 is 0 Å². The summed E-state index contributed by atoms with van der Waals surface area (Å²) in [6.07, 6.45) is 0. The highest BCUT2D eigenvalue weighted by molar-refractivity contribution is 6.14. The Morgan fingerprint density at radius 1 is 0.197 bits per heavy atom. The van der Waals surface area contributed by atoms with E-state index in [0.717, 1.165) is 150 Å². The SMILES string of the molecule is c1ccc(-c2cc(-c3ccc(N(c4ccc(-c5cc(-c6ccccc6)c6oc7ccccc7c6c5)cc4)c4ccc(-c5cc(-c6ccccc6)c6oc7ccccc7c6c5)cc4)cc3)cc3c2oc2ccccc23)cc1. The predicted molar refractivity (Wildman–Crippen MR) is 316 cm³/mol. The van der Waals surface area contributed by atoms with Crippen molar-refractivity contribution in [3.8, 4) is 66.8 Å². The summed E-state index contributed by atoms with van der Waals surface area (Å²) >= 11 is 0. The molecule has 3 heterocycles. The summed E-state index contributed by atoms with van der Waals surface area (Å²) in [7, 11) is 0. The highest BCUT2D eigenvalue weighted by Crippen LogP contribution is 2.45. The minimum absolute atomic E-state index is 0.883. The molecule has 0 atom stereocenters. The quantitative estimate of drug-likeness (QED) is 0.145. The number of anilines is 3. The molecule has 0 bridgehead atoms. The van der Waals surface area contributed by atoms with Gasteiger partial charge in [0.05, 0.1) is 0 Å². The molecule has 0 amide bonds. The van der Waals surface area contributed by atoms with E-state index in [1.54, 1.807) is 0 Å². The first-order chi connectivity index (χ1) is 37.6. The van der Waals surface area contributed by atoms with Crippen LogP contribution in [0, 0.1) is 0 Å². The Kier molecular flexibility index (Phi) is 10.2. The zero-order chi connectivity index (χ0) is 50.1. The lowest BCUT2D eigenvalue weighted by atomic mass is 9.95. The van der Waals surface area contributed by atoms with Crippen molar-refractivity contribution in [3.05, 3.63) is 273 Å². The molecule has 0 fully saturated rings. The molecule has 0 aliphatic carbocycles. The van der Waals surface area contributed by atoms with Crippen LogP contribution in [-0.4, -0.2) is 0 Å². The van der Waals surface area contributed by atoms with Crippen LogP contribution in [0.3, 0.4) is 0 Å². The first-order valence-corrected chi connectivity index (χ1v) is 25.8. The molecule has 356 valence electrons. The van der Waals surface area contributed by atoms with Crippen LogP contribution in [0.15, 0.2) is 286 Å². The van der Waals surface area contributed by atoms with Crippen LogP contribution in [0.1, 0.15) is 0 Å². The molecule has 0 unspecified atom stereocenters. The molecule has 4 nitrogen and oxygen atoms in total. The molecular formula is C72H45NO3. The van der Waals surface area contributed by atoms with Crippen LogP contribution < -0.4 is 4.90 Å². The van der Waals surface area contributed by atoms with Gasteiger partial charge in [-0.15, -0.1) is 0 Å². The summed E-state index contributed by atoms with van der Waals surface area (Å²) in [6.45, 7) is 0. The minimum atomic E-state index is 0.883. The average Bonchev–Trinajstić information content (AvgIpc) is 4.20. The van der Waals surface area contributed by atoms with Gasteiger partial charge in [-0.2, -0.15) is 0 Å². The number of para-hydroxylation sites is 3. The van der Waals surface area contributed by atoms with Gasteiger partial charge in [-0.25, -0.2) is 0 Å². The number of hydrogen-bond acceptors (Lipinski definition) is 4. The van der Waals surface area contributed by atoms with Crippen molar-refractivity contribution in [3.63, 3.8) is 0 Å². The van der Waals surface area contributed by atoms with Gasteiger partial charge in [0.1, 0.15) is 33.5 Å². The standard InChI is InChI=1S/C72H45NO3/c1-4-16-49(17-5-1)61-40-52(43-64-58-22-10-13-25-67(58)74-70(61)64)46-28-34-55(35-29-46)73(56-36-30-47(31-37-56)53-41-62(50-18-6-2-7-19-50)71-65(44-53)59-23-11-14-26-68(59)75-71)57-38-32-48(33-39-57)54-42-63(51-20-8-3-9-21-51)72-66(45-54)60-24-12-15-27-69(60)76-72/h1-45H. The Hall–Kier alpha value is -10.2. The maximum absolute atomic E-state index is 6.55. The van der Waals surface area contributed by atoms with E-state index < -0.39 is 0 Å². The van der Waals surface area contributed by atoms with E-state index in [0.29, 0.717) is 0 Å². The van der Waals surface area contributed by atoms with Gasteiger partial charge in [-0.1, -0.05) is 182 Å². The Labute approximate surface area is 438 Å². The van der Waals surface area contributed by atoms with Gasteiger partial charge in [0, 0.05) is 66.1 Å². The number of hydrogen-bond donors (Lipinski definition) is 0. The lowest BCUT2D eigenvalue weighted by Gasteiger charge is -2.26. The van der Waals surface area contributed by atoms with Crippen molar-refractivity contribution < 1.29 is 13.3 Å². The number of rotatable bonds is 9. The van der Waals surface area contributed by atoms with Crippen molar-refractivity contribution in [2.75, 3.05) is 4.90 Å². The van der Waals surface area contributed by atoms with Gasteiger partial charge in [-0.05, 0) is 141 Å². The minimum Gasteiger partial charge on any atom is -0.455 e. The number of nitrogens with zero attached hydrogens (tertiary/aromatic N) is 1. The van der Waals surface area contributed by atoms with E-state index in [2.05, 4.69) is 260 Å². The predicted octanol–water partition coefficient (Wildman–Crippen LogP) is 20.9. The first-order valence-electron chi connectivity index (χ1n) is 25.8. The van der Waals surface area contributed by atoms with Crippen LogP contribution in [0.25, 0.3) is 133 Å². The molecule has 0 aliphatic heterocycles. The largest absolute Gasteiger partial charge is 0.455 e. The molecular weight excluding hydrogens is 927 g/mol. The van der Waals surface area contributed by atoms with Crippen molar-refractivity contribution >= 4 is 82.9 Å². The number of benzene rings is 12. The van der Waals surface area contributed by atoms with Gasteiger partial charge in [-0.3, -0.25) is 0 Å². The van der Waals surface area contributed by atoms with Crippen LogP contribution >= 0.6 is 0 Å². The molecule has 0 saturated heterocycles. The molecule has 76 heavy (non-hydrogen) atoms. The molecule has 0 spiro atoms. The molecule has 15 rings (SSSR count). The van der Waals surface area contributed by atoms with Crippen molar-refractivity contribution in [2.24, 2.45) is 0 Å². The maximum atomic E-state index is 6.55. The fourth-order valence-electron chi connectivity index (χ4n) is 11.3. The summed E-state index contributed by atoms with van der Waals surface area (Å²) in [5.41, 5.74) is 21.8.